The third-order valence-corrected chi connectivity index (χ3v) is 5.47. The molecular formula is C19H20ClNO4. The van der Waals surface area contributed by atoms with E-state index in [2.05, 4.69) is 0 Å². The number of rotatable bonds is 5. The highest BCUT2D eigenvalue weighted by Crippen LogP contribution is 2.53. The van der Waals surface area contributed by atoms with Gasteiger partial charge in [-0.25, -0.2) is 0 Å². The molecule has 4 rings (SSSR count). The van der Waals surface area contributed by atoms with Crippen LogP contribution in [0.25, 0.3) is 0 Å². The highest BCUT2D eigenvalue weighted by molar-refractivity contribution is 6.31. The minimum Gasteiger partial charge on any atom is -0.465 e. The van der Waals surface area contributed by atoms with Gasteiger partial charge in [-0.15, -0.1) is 0 Å². The van der Waals surface area contributed by atoms with Crippen LogP contribution in [0.2, 0.25) is 5.02 Å². The number of hydrogen-bond acceptors (Lipinski definition) is 4. The van der Waals surface area contributed by atoms with Gasteiger partial charge in [-0.3, -0.25) is 9.59 Å². The zero-order chi connectivity index (χ0) is 17.6. The standard InChI is InChI=1S/C19H20ClNO4/c1-2-3-9-24-18(23)15-14-7-8-19(25-14)11-21(17(22)16(15)19)13-6-4-5-12(20)10-13/h4-8,10,14-16H,2-3,9,11H2,1H3/t14-,15+,16+,19-/m1/s1. The van der Waals surface area contributed by atoms with Crippen LogP contribution in [0.5, 0.6) is 0 Å². The smallest absolute Gasteiger partial charge is 0.312 e. The SMILES string of the molecule is CCCCOC(=O)[C@@H]1[C@H]2C(=O)N(c3cccc(Cl)c3)C[C@]23C=C[C@H]1O3. The minimum absolute atomic E-state index is 0.105. The summed E-state index contributed by atoms with van der Waals surface area (Å²) in [5.74, 6) is -1.54. The Kier molecular flexibility index (Phi) is 4.08. The molecule has 0 N–H and O–H groups in total. The van der Waals surface area contributed by atoms with E-state index in [0.717, 1.165) is 18.5 Å². The Morgan fingerprint density at radius 3 is 3.08 bits per heavy atom. The Bertz CT molecular complexity index is 749. The third kappa shape index (κ3) is 2.57. The molecule has 1 amide bonds. The van der Waals surface area contributed by atoms with Crippen LogP contribution in [-0.2, 0) is 19.1 Å². The number of fused-ring (bicyclic) bond motifs is 1. The van der Waals surface area contributed by atoms with Crippen molar-refractivity contribution in [3.05, 3.63) is 41.4 Å². The number of ether oxygens (including phenoxy) is 2. The molecule has 1 spiro atoms. The number of nitrogens with zero attached hydrogens (tertiary/aromatic N) is 1. The fraction of sp³-hybridized carbons (Fsp3) is 0.474. The predicted octanol–water partition coefficient (Wildman–Crippen LogP) is 2.97. The van der Waals surface area contributed by atoms with E-state index < -0.39 is 17.4 Å². The fourth-order valence-electron chi connectivity index (χ4n) is 4.04. The van der Waals surface area contributed by atoms with Gasteiger partial charge in [0.15, 0.2) is 0 Å². The quantitative estimate of drug-likeness (QED) is 0.459. The molecule has 132 valence electrons. The number of amides is 1. The molecule has 0 aromatic heterocycles. The molecule has 0 unspecified atom stereocenters. The monoisotopic (exact) mass is 361 g/mol. The summed E-state index contributed by atoms with van der Waals surface area (Å²) in [6, 6.07) is 7.16. The number of anilines is 1. The number of halogens is 1. The fourth-order valence-corrected chi connectivity index (χ4v) is 4.23. The summed E-state index contributed by atoms with van der Waals surface area (Å²) >= 11 is 6.06. The molecule has 3 heterocycles. The predicted molar refractivity (Wildman–Crippen MR) is 93.4 cm³/mol. The van der Waals surface area contributed by atoms with Gasteiger partial charge in [-0.1, -0.05) is 43.2 Å². The summed E-state index contributed by atoms with van der Waals surface area (Å²) in [5, 5.41) is 0.566. The van der Waals surface area contributed by atoms with Crippen LogP contribution in [-0.4, -0.2) is 36.7 Å². The van der Waals surface area contributed by atoms with Gasteiger partial charge in [0.2, 0.25) is 5.91 Å². The van der Waals surface area contributed by atoms with E-state index in [1.807, 2.05) is 25.1 Å². The molecule has 1 aromatic rings. The summed E-state index contributed by atoms with van der Waals surface area (Å²) < 4.78 is 11.5. The topological polar surface area (TPSA) is 55.8 Å². The van der Waals surface area contributed by atoms with Crippen molar-refractivity contribution in [2.75, 3.05) is 18.1 Å². The molecule has 0 radical (unpaired) electrons. The van der Waals surface area contributed by atoms with Crippen molar-refractivity contribution in [2.24, 2.45) is 11.8 Å². The first kappa shape index (κ1) is 16.6. The van der Waals surface area contributed by atoms with E-state index in [1.54, 1.807) is 23.1 Å². The first-order chi connectivity index (χ1) is 12.1. The van der Waals surface area contributed by atoms with E-state index in [1.165, 1.54) is 0 Å². The Labute approximate surface area is 151 Å². The van der Waals surface area contributed by atoms with Gasteiger partial charge in [0.25, 0.3) is 0 Å². The van der Waals surface area contributed by atoms with E-state index in [-0.39, 0.29) is 18.0 Å². The summed E-state index contributed by atoms with van der Waals surface area (Å²) in [4.78, 5) is 27.3. The van der Waals surface area contributed by atoms with Crippen molar-refractivity contribution < 1.29 is 19.1 Å². The van der Waals surface area contributed by atoms with Crippen LogP contribution < -0.4 is 4.90 Å². The van der Waals surface area contributed by atoms with Crippen LogP contribution in [0.3, 0.4) is 0 Å². The van der Waals surface area contributed by atoms with Crippen LogP contribution in [0, 0.1) is 11.8 Å². The van der Waals surface area contributed by atoms with Crippen LogP contribution in [0.1, 0.15) is 19.8 Å². The van der Waals surface area contributed by atoms with Crippen molar-refractivity contribution in [3.8, 4) is 0 Å². The van der Waals surface area contributed by atoms with E-state index in [4.69, 9.17) is 21.1 Å². The lowest BCUT2D eigenvalue weighted by atomic mass is 9.77. The molecule has 2 fully saturated rings. The maximum Gasteiger partial charge on any atom is 0.312 e. The van der Waals surface area contributed by atoms with Crippen LogP contribution in [0.15, 0.2) is 36.4 Å². The number of esters is 1. The van der Waals surface area contributed by atoms with Gasteiger partial charge in [-0.2, -0.15) is 0 Å². The van der Waals surface area contributed by atoms with Gasteiger partial charge >= 0.3 is 5.97 Å². The first-order valence-corrected chi connectivity index (χ1v) is 9.04. The summed E-state index contributed by atoms with van der Waals surface area (Å²) in [6.07, 6.45) is 5.22. The number of carbonyl (C=O) groups is 2. The molecule has 0 aliphatic carbocycles. The van der Waals surface area contributed by atoms with Crippen LogP contribution in [0.4, 0.5) is 5.69 Å². The zero-order valence-corrected chi connectivity index (χ0v) is 14.7. The minimum atomic E-state index is -0.738. The second-order valence-corrected chi connectivity index (χ2v) is 7.26. The Morgan fingerprint density at radius 2 is 2.32 bits per heavy atom. The second-order valence-electron chi connectivity index (χ2n) is 6.83. The van der Waals surface area contributed by atoms with E-state index in [0.29, 0.717) is 18.2 Å². The molecule has 3 aliphatic rings. The lowest BCUT2D eigenvalue weighted by molar-refractivity contribution is -0.152. The highest BCUT2D eigenvalue weighted by Gasteiger charge is 2.67. The summed E-state index contributed by atoms with van der Waals surface area (Å²) in [5.41, 5.74) is -0.0155. The van der Waals surface area contributed by atoms with Crippen molar-refractivity contribution in [1.29, 1.82) is 0 Å². The normalized spacial score (nSPS) is 32.3. The molecule has 2 saturated heterocycles. The van der Waals surface area contributed by atoms with E-state index in [9.17, 15) is 9.59 Å². The molecule has 4 atom stereocenters. The molecule has 0 saturated carbocycles. The molecule has 5 nitrogen and oxygen atoms in total. The number of unbranched alkanes of at least 4 members (excludes halogenated alkanes) is 1. The molecule has 2 bridgehead atoms. The van der Waals surface area contributed by atoms with E-state index >= 15 is 0 Å². The van der Waals surface area contributed by atoms with Crippen molar-refractivity contribution >= 4 is 29.2 Å². The third-order valence-electron chi connectivity index (χ3n) is 5.23. The lowest BCUT2D eigenvalue weighted by Crippen LogP contribution is -2.40. The van der Waals surface area contributed by atoms with Crippen molar-refractivity contribution in [3.63, 3.8) is 0 Å². The molecule has 3 aliphatic heterocycles. The zero-order valence-electron chi connectivity index (χ0n) is 14.0. The Balaban J connectivity index is 1.60. The van der Waals surface area contributed by atoms with Gasteiger partial charge in [0.05, 0.1) is 25.2 Å². The maximum atomic E-state index is 13.1. The maximum absolute atomic E-state index is 13.1. The van der Waals surface area contributed by atoms with Gasteiger partial charge in [0, 0.05) is 10.7 Å². The summed E-state index contributed by atoms with van der Waals surface area (Å²) in [6.45, 7) is 2.81. The average molecular weight is 362 g/mol. The van der Waals surface area contributed by atoms with Gasteiger partial charge < -0.3 is 14.4 Å². The number of hydrogen-bond donors (Lipinski definition) is 0. The first-order valence-electron chi connectivity index (χ1n) is 8.66. The molecule has 1 aromatic carbocycles. The second kappa shape index (κ2) is 6.15. The summed E-state index contributed by atoms with van der Waals surface area (Å²) in [7, 11) is 0. The molecule has 6 heteroatoms. The Hall–Kier alpha value is -1.85. The van der Waals surface area contributed by atoms with Gasteiger partial charge in [0.1, 0.15) is 11.5 Å². The number of carbonyl (C=O) groups excluding carboxylic acids is 2. The van der Waals surface area contributed by atoms with Gasteiger partial charge in [-0.05, 0) is 24.6 Å². The lowest BCUT2D eigenvalue weighted by Gasteiger charge is -2.22. The Morgan fingerprint density at radius 1 is 1.48 bits per heavy atom. The average Bonchev–Trinajstić information content (AvgIpc) is 3.23. The largest absolute Gasteiger partial charge is 0.465 e. The van der Waals surface area contributed by atoms with Crippen LogP contribution >= 0.6 is 11.6 Å². The van der Waals surface area contributed by atoms with Crippen molar-refractivity contribution in [1.82, 2.24) is 0 Å². The molecule has 25 heavy (non-hydrogen) atoms. The molecular weight excluding hydrogens is 342 g/mol. The number of benzene rings is 1. The highest BCUT2D eigenvalue weighted by atomic mass is 35.5. The van der Waals surface area contributed by atoms with Crippen molar-refractivity contribution in [2.45, 2.75) is 31.5 Å².